The molecule has 0 saturated heterocycles. The van der Waals surface area contributed by atoms with Crippen molar-refractivity contribution >= 4 is 28.4 Å². The summed E-state index contributed by atoms with van der Waals surface area (Å²) >= 11 is 0. The van der Waals surface area contributed by atoms with Crippen molar-refractivity contribution in [2.75, 3.05) is 23.8 Å². The smallest absolute Gasteiger partial charge is 0.267 e. The first-order valence-corrected chi connectivity index (χ1v) is 13.2. The summed E-state index contributed by atoms with van der Waals surface area (Å²) in [6.45, 7) is 6.61. The molecule has 1 atom stereocenters. The van der Waals surface area contributed by atoms with Crippen LogP contribution in [0.3, 0.4) is 0 Å². The number of rotatable bonds is 10. The molecule has 1 unspecified atom stereocenters. The number of hydrogen-bond acceptors (Lipinski definition) is 7. The summed E-state index contributed by atoms with van der Waals surface area (Å²) in [5.41, 5.74) is 0.839. The number of amides is 1. The molecule has 3 aromatic heterocycles. The van der Waals surface area contributed by atoms with Crippen LogP contribution in [0.5, 0.6) is 11.5 Å². The molecule has 2 aromatic carbocycles. The fourth-order valence-electron chi connectivity index (χ4n) is 4.33. The quantitative estimate of drug-likeness (QED) is 0.199. The molecule has 5 aromatic rings. The minimum atomic E-state index is -0.742. The van der Waals surface area contributed by atoms with E-state index in [1.54, 1.807) is 19.2 Å². The summed E-state index contributed by atoms with van der Waals surface area (Å²) in [5, 5.41) is 13.4. The maximum atomic E-state index is 15.2. The van der Waals surface area contributed by atoms with Gasteiger partial charge < -0.3 is 20.1 Å². The standard InChI is InChI=1S/C30H28F2N6O4/c1-4-41-16-18(3)34-28-26-25(11-12-33-27(26)36-37-28)42-24-10-7-20(14-23(24)32)35-29(39)22-13-17(2)15-38(30(22)40)21-8-5-19(31)6-9-21/h5-15,18H,4,16H2,1-3H3,(H,35,39)(H2,33,34,36,37). The Morgan fingerprint density at radius 2 is 1.88 bits per heavy atom. The van der Waals surface area contributed by atoms with Crippen LogP contribution in [0, 0.1) is 18.6 Å². The zero-order valence-corrected chi connectivity index (χ0v) is 23.1. The molecule has 10 nitrogen and oxygen atoms in total. The van der Waals surface area contributed by atoms with Crippen LogP contribution in [0.15, 0.2) is 71.8 Å². The number of carbonyl (C=O) groups is 1. The number of aryl methyl sites for hydroxylation is 1. The average Bonchev–Trinajstić information content (AvgIpc) is 3.38. The van der Waals surface area contributed by atoms with Crippen molar-refractivity contribution < 1.29 is 23.0 Å². The van der Waals surface area contributed by atoms with Crippen molar-refractivity contribution in [3.05, 3.63) is 100 Å². The highest BCUT2D eigenvalue weighted by atomic mass is 19.1. The van der Waals surface area contributed by atoms with Crippen molar-refractivity contribution in [2.45, 2.75) is 26.8 Å². The number of ether oxygens (including phenoxy) is 2. The van der Waals surface area contributed by atoms with E-state index in [1.165, 1.54) is 53.2 Å². The van der Waals surface area contributed by atoms with E-state index in [-0.39, 0.29) is 23.0 Å². The van der Waals surface area contributed by atoms with Gasteiger partial charge in [-0.1, -0.05) is 0 Å². The SMILES string of the molecule is CCOCC(C)Nc1n[nH]c2nccc(Oc3ccc(NC(=O)c4cc(C)cn(-c5ccc(F)cc5)c4=O)cc3F)c12. The molecular weight excluding hydrogens is 546 g/mol. The van der Waals surface area contributed by atoms with Crippen LogP contribution < -0.4 is 20.9 Å². The van der Waals surface area contributed by atoms with Gasteiger partial charge in [-0.05, 0) is 68.8 Å². The van der Waals surface area contributed by atoms with Crippen LogP contribution in [0.1, 0.15) is 29.8 Å². The second-order valence-electron chi connectivity index (χ2n) is 9.59. The van der Waals surface area contributed by atoms with Crippen LogP contribution in [-0.4, -0.2) is 44.9 Å². The maximum absolute atomic E-state index is 15.2. The Hall–Kier alpha value is -5.10. The zero-order chi connectivity index (χ0) is 29.8. The molecule has 0 aliphatic carbocycles. The molecule has 42 heavy (non-hydrogen) atoms. The Morgan fingerprint density at radius 3 is 2.62 bits per heavy atom. The lowest BCUT2D eigenvalue weighted by Gasteiger charge is -2.14. The summed E-state index contributed by atoms with van der Waals surface area (Å²) in [5.74, 6) is -1.21. The van der Waals surface area contributed by atoms with Gasteiger partial charge >= 0.3 is 0 Å². The second kappa shape index (κ2) is 12.2. The monoisotopic (exact) mass is 574 g/mol. The minimum absolute atomic E-state index is 0.0580. The van der Waals surface area contributed by atoms with Crippen molar-refractivity contribution in [2.24, 2.45) is 0 Å². The summed E-state index contributed by atoms with van der Waals surface area (Å²) in [4.78, 5) is 30.4. The van der Waals surface area contributed by atoms with Gasteiger partial charge in [0.25, 0.3) is 11.5 Å². The van der Waals surface area contributed by atoms with E-state index in [0.717, 1.165) is 6.07 Å². The summed E-state index contributed by atoms with van der Waals surface area (Å²) < 4.78 is 41.2. The minimum Gasteiger partial charge on any atom is -0.453 e. The van der Waals surface area contributed by atoms with Gasteiger partial charge in [-0.25, -0.2) is 13.8 Å². The topological polar surface area (TPSA) is 123 Å². The number of nitrogens with zero attached hydrogens (tertiary/aromatic N) is 3. The predicted octanol–water partition coefficient (Wildman–Crippen LogP) is 5.58. The highest BCUT2D eigenvalue weighted by molar-refractivity contribution is 6.04. The number of aromatic nitrogens is 4. The number of hydrogen-bond donors (Lipinski definition) is 3. The Kier molecular flexibility index (Phi) is 8.25. The van der Waals surface area contributed by atoms with Crippen LogP contribution in [0.2, 0.25) is 0 Å². The molecule has 0 bridgehead atoms. The number of H-pyrrole nitrogens is 1. The van der Waals surface area contributed by atoms with Gasteiger partial charge in [0, 0.05) is 48.5 Å². The average molecular weight is 575 g/mol. The van der Waals surface area contributed by atoms with Crippen molar-refractivity contribution in [1.82, 2.24) is 19.7 Å². The summed E-state index contributed by atoms with van der Waals surface area (Å²) in [7, 11) is 0. The Morgan fingerprint density at radius 1 is 1.10 bits per heavy atom. The van der Waals surface area contributed by atoms with Crippen LogP contribution in [0.4, 0.5) is 20.3 Å². The lowest BCUT2D eigenvalue weighted by molar-refractivity contribution is 0.102. The zero-order valence-electron chi connectivity index (χ0n) is 23.1. The summed E-state index contributed by atoms with van der Waals surface area (Å²) in [6, 6.07) is 12.2. The first-order chi connectivity index (χ1) is 20.2. The van der Waals surface area contributed by atoms with Gasteiger partial charge in [-0.15, -0.1) is 0 Å². The van der Waals surface area contributed by atoms with E-state index in [4.69, 9.17) is 9.47 Å². The first kappa shape index (κ1) is 28.4. The van der Waals surface area contributed by atoms with Crippen molar-refractivity contribution in [3.8, 4) is 17.2 Å². The Labute approximate surface area is 239 Å². The number of halogens is 2. The highest BCUT2D eigenvalue weighted by Gasteiger charge is 2.18. The van der Waals surface area contributed by atoms with Crippen molar-refractivity contribution in [3.63, 3.8) is 0 Å². The van der Waals surface area contributed by atoms with E-state index < -0.39 is 23.1 Å². The molecule has 1 amide bonds. The summed E-state index contributed by atoms with van der Waals surface area (Å²) in [6.07, 6.45) is 3.06. The van der Waals surface area contributed by atoms with Crippen molar-refractivity contribution in [1.29, 1.82) is 0 Å². The predicted molar refractivity (Wildman–Crippen MR) is 155 cm³/mol. The number of aromatic amines is 1. The number of fused-ring (bicyclic) bond motifs is 1. The third kappa shape index (κ3) is 6.13. The third-order valence-electron chi connectivity index (χ3n) is 6.29. The van der Waals surface area contributed by atoms with Crippen LogP contribution in [-0.2, 0) is 4.74 Å². The second-order valence-corrected chi connectivity index (χ2v) is 9.59. The molecule has 5 rings (SSSR count). The molecule has 216 valence electrons. The van der Waals surface area contributed by atoms with Gasteiger partial charge in [0.1, 0.15) is 22.5 Å². The number of pyridine rings is 2. The van der Waals surface area contributed by atoms with Gasteiger partial charge in [0.2, 0.25) is 0 Å². The number of nitrogens with one attached hydrogen (secondary N) is 3. The van der Waals surface area contributed by atoms with E-state index in [0.29, 0.717) is 47.1 Å². The molecule has 3 heterocycles. The Bertz CT molecular complexity index is 1800. The van der Waals surface area contributed by atoms with E-state index in [1.807, 2.05) is 13.8 Å². The normalized spacial score (nSPS) is 11.8. The van der Waals surface area contributed by atoms with E-state index in [9.17, 15) is 14.0 Å². The molecule has 0 aliphatic rings. The fraction of sp³-hybridized carbons (Fsp3) is 0.200. The first-order valence-electron chi connectivity index (χ1n) is 13.2. The number of carbonyl (C=O) groups excluding carboxylic acids is 1. The Balaban J connectivity index is 1.36. The molecular formula is C30H28F2N6O4. The molecule has 0 spiro atoms. The number of anilines is 2. The van der Waals surface area contributed by atoms with Crippen LogP contribution in [0.25, 0.3) is 16.7 Å². The van der Waals surface area contributed by atoms with Gasteiger partial charge in [0.15, 0.2) is 23.0 Å². The van der Waals surface area contributed by atoms with E-state index >= 15 is 4.39 Å². The van der Waals surface area contributed by atoms with Crippen LogP contribution >= 0.6 is 0 Å². The van der Waals surface area contributed by atoms with E-state index in [2.05, 4.69) is 25.8 Å². The lowest BCUT2D eigenvalue weighted by Crippen LogP contribution is -2.28. The maximum Gasteiger partial charge on any atom is 0.267 e. The van der Waals surface area contributed by atoms with Gasteiger partial charge in [-0.3, -0.25) is 19.3 Å². The van der Waals surface area contributed by atoms with Gasteiger partial charge in [-0.2, -0.15) is 5.10 Å². The molecule has 3 N–H and O–H groups in total. The molecule has 0 radical (unpaired) electrons. The third-order valence-corrected chi connectivity index (χ3v) is 6.29. The molecule has 0 aliphatic heterocycles. The largest absolute Gasteiger partial charge is 0.453 e. The van der Waals surface area contributed by atoms with Gasteiger partial charge in [0.05, 0.1) is 6.61 Å². The molecule has 12 heteroatoms. The number of benzene rings is 2. The lowest BCUT2D eigenvalue weighted by atomic mass is 10.1. The highest BCUT2D eigenvalue weighted by Crippen LogP contribution is 2.34. The molecule has 0 fully saturated rings. The molecule has 0 saturated carbocycles. The fourth-order valence-corrected chi connectivity index (χ4v) is 4.33.